The van der Waals surface area contributed by atoms with Crippen molar-refractivity contribution in [3.05, 3.63) is 24.3 Å². The summed E-state index contributed by atoms with van der Waals surface area (Å²) in [7, 11) is -9.90. The number of phosphoric ester groups is 2. The van der Waals surface area contributed by atoms with E-state index < -0.39 is 97.5 Å². The Balaban J connectivity index is 5.20. The van der Waals surface area contributed by atoms with E-state index in [9.17, 15) is 43.2 Å². The number of hydrogen-bond donors (Lipinski definition) is 3. The Kier molecular flexibility index (Phi) is 61.5. The van der Waals surface area contributed by atoms with Crippen molar-refractivity contribution >= 4 is 39.5 Å². The summed E-state index contributed by atoms with van der Waals surface area (Å²) in [5.41, 5.74) is 0. The normalized spacial score (nSPS) is 14.2. The van der Waals surface area contributed by atoms with E-state index in [2.05, 4.69) is 52.0 Å². The molecule has 0 spiro atoms. The van der Waals surface area contributed by atoms with Crippen LogP contribution in [0.2, 0.25) is 0 Å². The Morgan fingerprint density at radius 3 is 0.830 bits per heavy atom. The Hall–Kier alpha value is -2.46. The lowest BCUT2D eigenvalue weighted by Gasteiger charge is -2.21. The van der Waals surface area contributed by atoms with E-state index in [0.717, 1.165) is 109 Å². The molecule has 518 valence electrons. The van der Waals surface area contributed by atoms with Crippen molar-refractivity contribution in [1.82, 2.24) is 0 Å². The van der Waals surface area contributed by atoms with Gasteiger partial charge in [-0.25, -0.2) is 9.13 Å². The number of carbonyl (C=O) groups excluding carboxylic acids is 4. The van der Waals surface area contributed by atoms with Gasteiger partial charge >= 0.3 is 39.5 Å². The van der Waals surface area contributed by atoms with Crippen LogP contribution in [0.15, 0.2) is 24.3 Å². The summed E-state index contributed by atoms with van der Waals surface area (Å²) >= 11 is 0. The van der Waals surface area contributed by atoms with Crippen LogP contribution in [0.1, 0.15) is 336 Å². The van der Waals surface area contributed by atoms with E-state index in [1.807, 2.05) is 0 Å². The highest BCUT2D eigenvalue weighted by Crippen LogP contribution is 2.45. The maximum atomic E-state index is 13.0. The second kappa shape index (κ2) is 63.3. The van der Waals surface area contributed by atoms with E-state index in [0.29, 0.717) is 25.7 Å². The zero-order chi connectivity index (χ0) is 64.7. The molecular weight excluding hydrogens is 1160 g/mol. The van der Waals surface area contributed by atoms with Gasteiger partial charge in [0.1, 0.15) is 19.3 Å². The largest absolute Gasteiger partial charge is 0.472 e. The van der Waals surface area contributed by atoms with Crippen LogP contribution in [0.3, 0.4) is 0 Å². The molecule has 0 saturated carbocycles. The molecule has 0 aliphatic carbocycles. The molecule has 3 N–H and O–H groups in total. The third kappa shape index (κ3) is 62.4. The summed E-state index contributed by atoms with van der Waals surface area (Å²) in [5, 5.41) is 10.5. The van der Waals surface area contributed by atoms with Gasteiger partial charge in [0.25, 0.3) is 0 Å². The number of unbranched alkanes of at least 4 members (excludes halogenated alkanes) is 39. The first kappa shape index (κ1) is 85.5. The summed E-state index contributed by atoms with van der Waals surface area (Å²) in [4.78, 5) is 72.2. The first-order valence-electron chi connectivity index (χ1n) is 35.6. The molecule has 5 atom stereocenters. The lowest BCUT2D eigenvalue weighted by Crippen LogP contribution is -2.30. The molecule has 0 aromatic heterocycles. The topological polar surface area (TPSA) is 237 Å². The molecule has 0 rings (SSSR count). The van der Waals surface area contributed by atoms with E-state index in [1.165, 1.54) is 148 Å². The monoisotopic (exact) mass is 1290 g/mol. The average Bonchev–Trinajstić information content (AvgIpc) is 3.56. The van der Waals surface area contributed by atoms with Gasteiger partial charge in [-0.05, 0) is 51.4 Å². The summed E-state index contributed by atoms with van der Waals surface area (Å²) in [5.74, 6) is -2.16. The van der Waals surface area contributed by atoms with Gasteiger partial charge in [0.2, 0.25) is 0 Å². The van der Waals surface area contributed by atoms with E-state index >= 15 is 0 Å². The van der Waals surface area contributed by atoms with Gasteiger partial charge in [0, 0.05) is 25.7 Å². The molecule has 0 aliphatic rings. The molecule has 2 unspecified atom stereocenters. The highest BCUT2D eigenvalue weighted by Gasteiger charge is 2.30. The van der Waals surface area contributed by atoms with Crippen molar-refractivity contribution in [2.75, 3.05) is 39.6 Å². The van der Waals surface area contributed by atoms with E-state index in [4.69, 9.17) is 37.0 Å². The van der Waals surface area contributed by atoms with Gasteiger partial charge in [-0.1, -0.05) is 283 Å². The minimum absolute atomic E-state index is 0.0858. The molecule has 0 aliphatic heterocycles. The van der Waals surface area contributed by atoms with Gasteiger partial charge in [-0.2, -0.15) is 0 Å². The number of phosphoric acid groups is 2. The van der Waals surface area contributed by atoms with E-state index in [-0.39, 0.29) is 25.7 Å². The third-order valence-electron chi connectivity index (χ3n) is 15.5. The van der Waals surface area contributed by atoms with Gasteiger partial charge < -0.3 is 33.8 Å². The summed E-state index contributed by atoms with van der Waals surface area (Å²) in [6.45, 7) is 4.79. The second-order valence-corrected chi connectivity index (χ2v) is 27.1. The fourth-order valence-corrected chi connectivity index (χ4v) is 11.6. The second-order valence-electron chi connectivity index (χ2n) is 24.2. The number of esters is 4. The number of ether oxygens (including phenoxy) is 4. The molecule has 0 fully saturated rings. The van der Waals surface area contributed by atoms with Crippen LogP contribution in [-0.4, -0.2) is 96.7 Å². The Labute approximate surface area is 535 Å². The van der Waals surface area contributed by atoms with E-state index in [1.54, 1.807) is 0 Å². The first-order valence-corrected chi connectivity index (χ1v) is 38.6. The van der Waals surface area contributed by atoms with Crippen molar-refractivity contribution in [3.63, 3.8) is 0 Å². The van der Waals surface area contributed by atoms with Gasteiger partial charge in [-0.15, -0.1) is 0 Å². The zero-order valence-corrected chi connectivity index (χ0v) is 58.0. The molecule has 19 heteroatoms. The van der Waals surface area contributed by atoms with Crippen molar-refractivity contribution in [2.24, 2.45) is 0 Å². The Morgan fingerprint density at radius 1 is 0.318 bits per heavy atom. The number of aliphatic hydroxyl groups is 1. The molecule has 0 bridgehead atoms. The molecular formula is C69H130O17P2. The zero-order valence-electron chi connectivity index (χ0n) is 56.2. The summed E-state index contributed by atoms with van der Waals surface area (Å²) in [6, 6.07) is 0. The summed E-state index contributed by atoms with van der Waals surface area (Å²) < 4.78 is 68.0. The number of hydrogen-bond acceptors (Lipinski definition) is 15. The SMILES string of the molecule is CCCCCC/C=C\C=C/CCCCCCCC(=O)O[C@H](COC(=O)CCCCCCCCCCCCCCCCC)COP(=O)(O)OC[C@@H](O)COP(=O)(O)OC[C@@H](COC(=O)CCCCCCC)OC(=O)CCCCCCCCCCCCCCC. The van der Waals surface area contributed by atoms with Crippen LogP contribution in [0.25, 0.3) is 0 Å². The van der Waals surface area contributed by atoms with Crippen LogP contribution in [0, 0.1) is 0 Å². The molecule has 88 heavy (non-hydrogen) atoms. The fourth-order valence-electron chi connectivity index (χ4n) is 9.98. The minimum atomic E-state index is -4.96. The fraction of sp³-hybridized carbons (Fsp3) is 0.884. The van der Waals surface area contributed by atoms with Crippen molar-refractivity contribution < 1.29 is 80.2 Å². The molecule has 17 nitrogen and oxygen atoms in total. The Morgan fingerprint density at radius 2 is 0.545 bits per heavy atom. The molecule has 0 aromatic rings. The van der Waals surface area contributed by atoms with Crippen molar-refractivity contribution in [2.45, 2.75) is 354 Å². The van der Waals surface area contributed by atoms with Crippen LogP contribution in [0.4, 0.5) is 0 Å². The van der Waals surface area contributed by atoms with Gasteiger partial charge in [0.15, 0.2) is 12.2 Å². The number of carbonyl (C=O) groups is 4. The van der Waals surface area contributed by atoms with Crippen LogP contribution in [0.5, 0.6) is 0 Å². The highest BCUT2D eigenvalue weighted by atomic mass is 31.2. The molecule has 0 heterocycles. The van der Waals surface area contributed by atoms with Crippen molar-refractivity contribution in [3.8, 4) is 0 Å². The number of rotatable bonds is 68. The predicted octanol–water partition coefficient (Wildman–Crippen LogP) is 19.4. The Bertz CT molecular complexity index is 1780. The molecule has 0 radical (unpaired) electrons. The smallest absolute Gasteiger partial charge is 0.462 e. The standard InChI is InChI=1S/C69H130O17P2/c1-5-9-13-17-20-23-26-29-31-34-36-39-42-46-50-54-67(72)80-60-65(86-69(74)56-52-48-44-41-38-35-32-30-27-24-21-18-14-10-6-2)62-84-88(77,78)82-58-63(70)57-81-87(75,76)83-61-64(59-79-66(71)53-49-45-16-12-8-4)85-68(73)55-51-47-43-40-37-33-28-25-22-19-15-11-7-3/h24,27,30,32,63-65,70H,5-23,25-26,28-29,31,33-62H2,1-4H3,(H,75,76)(H,77,78)/b27-24-,32-30-/t63-,64+,65+/m0/s1. The highest BCUT2D eigenvalue weighted by molar-refractivity contribution is 7.47. The van der Waals surface area contributed by atoms with Crippen molar-refractivity contribution in [1.29, 1.82) is 0 Å². The maximum absolute atomic E-state index is 13.0. The molecule has 0 aromatic carbocycles. The van der Waals surface area contributed by atoms with Gasteiger partial charge in [-0.3, -0.25) is 37.3 Å². The first-order chi connectivity index (χ1) is 42.7. The lowest BCUT2D eigenvalue weighted by atomic mass is 10.0. The molecule has 0 amide bonds. The maximum Gasteiger partial charge on any atom is 0.472 e. The predicted molar refractivity (Wildman–Crippen MR) is 354 cm³/mol. The third-order valence-corrected chi connectivity index (χ3v) is 17.4. The number of aliphatic hydroxyl groups excluding tert-OH is 1. The van der Waals surface area contributed by atoms with Crippen LogP contribution >= 0.6 is 15.6 Å². The van der Waals surface area contributed by atoms with Crippen LogP contribution in [-0.2, 0) is 65.4 Å². The number of allylic oxidation sites excluding steroid dienone is 4. The molecule has 0 saturated heterocycles. The summed E-state index contributed by atoms with van der Waals surface area (Å²) in [6.07, 6.45) is 53.8. The van der Waals surface area contributed by atoms with Crippen LogP contribution < -0.4 is 0 Å². The average molecular weight is 1290 g/mol. The quantitative estimate of drug-likeness (QED) is 0.0169. The minimum Gasteiger partial charge on any atom is -0.462 e. The van der Waals surface area contributed by atoms with Gasteiger partial charge in [0.05, 0.1) is 26.4 Å². The lowest BCUT2D eigenvalue weighted by molar-refractivity contribution is -0.161.